The summed E-state index contributed by atoms with van der Waals surface area (Å²) in [4.78, 5) is 0. The predicted octanol–water partition coefficient (Wildman–Crippen LogP) is 3.24. The third-order valence-electron chi connectivity index (χ3n) is 2.99. The highest BCUT2D eigenvalue weighted by Crippen LogP contribution is 2.18. The van der Waals surface area contributed by atoms with Crippen molar-refractivity contribution in [2.45, 2.75) is 25.4 Å². The van der Waals surface area contributed by atoms with Crippen molar-refractivity contribution >= 4 is 11.8 Å². The van der Waals surface area contributed by atoms with Gasteiger partial charge in [0.2, 0.25) is 0 Å². The average Bonchev–Trinajstić information content (AvgIpc) is 2.96. The van der Waals surface area contributed by atoms with Crippen LogP contribution in [0.2, 0.25) is 0 Å². The van der Waals surface area contributed by atoms with E-state index in [2.05, 4.69) is 6.07 Å². The van der Waals surface area contributed by atoms with Crippen molar-refractivity contribution in [2.75, 3.05) is 24.7 Å². The van der Waals surface area contributed by atoms with E-state index in [0.29, 0.717) is 18.3 Å². The molecule has 1 saturated heterocycles. The highest BCUT2D eigenvalue weighted by Gasteiger charge is 2.14. The van der Waals surface area contributed by atoms with Crippen molar-refractivity contribution in [3.8, 4) is 11.8 Å². The first-order valence-electron chi connectivity index (χ1n) is 6.71. The summed E-state index contributed by atoms with van der Waals surface area (Å²) in [6, 6.07) is 9.41. The van der Waals surface area contributed by atoms with Gasteiger partial charge in [0, 0.05) is 12.4 Å². The van der Waals surface area contributed by atoms with Crippen molar-refractivity contribution in [3.63, 3.8) is 0 Å². The minimum atomic E-state index is 0.471. The monoisotopic (exact) mass is 277 g/mol. The zero-order valence-electron chi connectivity index (χ0n) is 11.0. The quantitative estimate of drug-likeness (QED) is 0.718. The maximum atomic E-state index is 8.79. The summed E-state index contributed by atoms with van der Waals surface area (Å²) in [6.45, 7) is 1.64. The van der Waals surface area contributed by atoms with Gasteiger partial charge in [-0.2, -0.15) is 17.0 Å². The fourth-order valence-electron chi connectivity index (χ4n) is 2.00. The van der Waals surface area contributed by atoms with E-state index >= 15 is 0 Å². The minimum Gasteiger partial charge on any atom is -0.494 e. The summed E-state index contributed by atoms with van der Waals surface area (Å²) in [7, 11) is 0. The first-order chi connectivity index (χ1) is 9.38. The summed E-state index contributed by atoms with van der Waals surface area (Å²) in [6.07, 6.45) is 3.92. The molecule has 1 unspecified atom stereocenters. The average molecular weight is 277 g/mol. The van der Waals surface area contributed by atoms with E-state index in [1.54, 1.807) is 12.1 Å². The largest absolute Gasteiger partial charge is 0.494 e. The van der Waals surface area contributed by atoms with E-state index in [0.717, 1.165) is 30.3 Å². The van der Waals surface area contributed by atoms with Gasteiger partial charge in [-0.05, 0) is 43.2 Å². The summed E-state index contributed by atoms with van der Waals surface area (Å²) in [5, 5.41) is 8.79. The Balaban J connectivity index is 1.55. The third-order valence-corrected chi connectivity index (χ3v) is 4.18. The molecule has 1 aromatic rings. The van der Waals surface area contributed by atoms with Gasteiger partial charge in [-0.3, -0.25) is 0 Å². The Morgan fingerprint density at radius 3 is 3.21 bits per heavy atom. The molecule has 0 spiro atoms. The van der Waals surface area contributed by atoms with Gasteiger partial charge in [0.05, 0.1) is 24.3 Å². The zero-order valence-corrected chi connectivity index (χ0v) is 11.8. The van der Waals surface area contributed by atoms with Gasteiger partial charge in [-0.15, -0.1) is 0 Å². The number of hydrogen-bond donors (Lipinski definition) is 0. The van der Waals surface area contributed by atoms with Crippen molar-refractivity contribution in [1.82, 2.24) is 0 Å². The van der Waals surface area contributed by atoms with Crippen LogP contribution in [0.3, 0.4) is 0 Å². The molecule has 1 heterocycles. The first-order valence-corrected chi connectivity index (χ1v) is 7.86. The van der Waals surface area contributed by atoms with Gasteiger partial charge in [0.15, 0.2) is 0 Å². The van der Waals surface area contributed by atoms with E-state index in [-0.39, 0.29) is 0 Å². The first kappa shape index (κ1) is 14.2. The molecule has 1 fully saturated rings. The highest BCUT2D eigenvalue weighted by atomic mass is 32.2. The van der Waals surface area contributed by atoms with Gasteiger partial charge in [-0.25, -0.2) is 0 Å². The number of rotatable bonds is 7. The van der Waals surface area contributed by atoms with Crippen LogP contribution in [0.4, 0.5) is 0 Å². The fraction of sp³-hybridized carbons (Fsp3) is 0.533. The second-order valence-corrected chi connectivity index (χ2v) is 5.70. The van der Waals surface area contributed by atoms with Crippen LogP contribution >= 0.6 is 11.8 Å². The van der Waals surface area contributed by atoms with Crippen LogP contribution in [0.25, 0.3) is 0 Å². The Kier molecular flexibility index (Phi) is 6.06. The van der Waals surface area contributed by atoms with Crippen molar-refractivity contribution < 1.29 is 9.47 Å². The normalized spacial score (nSPS) is 18.2. The van der Waals surface area contributed by atoms with Gasteiger partial charge in [-0.1, -0.05) is 6.07 Å². The predicted molar refractivity (Wildman–Crippen MR) is 77.6 cm³/mol. The van der Waals surface area contributed by atoms with Crippen molar-refractivity contribution in [1.29, 1.82) is 5.26 Å². The standard InChI is InChI=1S/C15H19NO2S/c16-11-13-4-1-5-14(10-13)17-8-3-9-19-12-15-6-2-7-18-15/h1,4-5,10,15H,2-3,6-9,12H2. The van der Waals surface area contributed by atoms with Gasteiger partial charge < -0.3 is 9.47 Å². The van der Waals surface area contributed by atoms with Crippen LogP contribution in [0.1, 0.15) is 24.8 Å². The summed E-state index contributed by atoms with van der Waals surface area (Å²) in [5.74, 6) is 2.98. The Bertz CT molecular complexity index is 424. The number of benzene rings is 1. The van der Waals surface area contributed by atoms with E-state index < -0.39 is 0 Å². The lowest BCUT2D eigenvalue weighted by molar-refractivity contribution is 0.129. The van der Waals surface area contributed by atoms with E-state index in [9.17, 15) is 0 Å². The number of nitriles is 1. The highest BCUT2D eigenvalue weighted by molar-refractivity contribution is 7.99. The molecular formula is C15H19NO2S. The fourth-order valence-corrected chi connectivity index (χ4v) is 3.01. The number of thioether (sulfide) groups is 1. The van der Waals surface area contributed by atoms with E-state index in [1.807, 2.05) is 23.9 Å². The van der Waals surface area contributed by atoms with Crippen molar-refractivity contribution in [3.05, 3.63) is 29.8 Å². The summed E-state index contributed by atoms with van der Waals surface area (Å²) in [5.41, 5.74) is 0.644. The molecule has 1 atom stereocenters. The van der Waals surface area contributed by atoms with E-state index in [1.165, 1.54) is 12.8 Å². The molecule has 102 valence electrons. The molecule has 0 N–H and O–H groups in total. The molecule has 0 radical (unpaired) electrons. The topological polar surface area (TPSA) is 42.2 Å². The number of hydrogen-bond acceptors (Lipinski definition) is 4. The zero-order chi connectivity index (χ0) is 13.3. The molecule has 1 aliphatic heterocycles. The lowest BCUT2D eigenvalue weighted by Gasteiger charge is -2.09. The molecular weight excluding hydrogens is 258 g/mol. The van der Waals surface area contributed by atoms with E-state index in [4.69, 9.17) is 14.7 Å². The van der Waals surface area contributed by atoms with Crippen LogP contribution < -0.4 is 4.74 Å². The lowest BCUT2D eigenvalue weighted by Crippen LogP contribution is -2.09. The molecule has 4 heteroatoms. The molecule has 0 aliphatic carbocycles. The molecule has 3 nitrogen and oxygen atoms in total. The van der Waals surface area contributed by atoms with Gasteiger partial charge in [0.1, 0.15) is 5.75 Å². The lowest BCUT2D eigenvalue weighted by atomic mass is 10.2. The Morgan fingerprint density at radius 2 is 2.42 bits per heavy atom. The Morgan fingerprint density at radius 1 is 1.47 bits per heavy atom. The number of nitrogens with zero attached hydrogens (tertiary/aromatic N) is 1. The second-order valence-electron chi connectivity index (χ2n) is 4.55. The second kappa shape index (κ2) is 8.08. The molecule has 0 bridgehead atoms. The molecule has 0 aromatic heterocycles. The van der Waals surface area contributed by atoms with Crippen LogP contribution in [-0.4, -0.2) is 30.8 Å². The van der Waals surface area contributed by atoms with Crippen LogP contribution in [0, 0.1) is 11.3 Å². The van der Waals surface area contributed by atoms with Crippen LogP contribution in [0.5, 0.6) is 5.75 Å². The maximum Gasteiger partial charge on any atom is 0.120 e. The van der Waals surface area contributed by atoms with Crippen molar-refractivity contribution in [2.24, 2.45) is 0 Å². The summed E-state index contributed by atoms with van der Waals surface area (Å²) < 4.78 is 11.2. The van der Waals surface area contributed by atoms with Gasteiger partial charge in [0.25, 0.3) is 0 Å². The molecule has 0 saturated carbocycles. The maximum absolute atomic E-state index is 8.79. The van der Waals surface area contributed by atoms with Crippen LogP contribution in [0.15, 0.2) is 24.3 Å². The minimum absolute atomic E-state index is 0.471. The summed E-state index contributed by atoms with van der Waals surface area (Å²) >= 11 is 1.94. The SMILES string of the molecule is N#Cc1cccc(OCCCSCC2CCCO2)c1. The molecule has 2 rings (SSSR count). The molecule has 1 aliphatic rings. The Labute approximate surface area is 118 Å². The molecule has 19 heavy (non-hydrogen) atoms. The molecule has 1 aromatic carbocycles. The van der Waals surface area contributed by atoms with Gasteiger partial charge >= 0.3 is 0 Å². The third kappa shape index (κ3) is 5.14. The smallest absolute Gasteiger partial charge is 0.120 e. The Hall–Kier alpha value is -1.18. The number of ether oxygens (including phenoxy) is 2. The molecule has 0 amide bonds. The van der Waals surface area contributed by atoms with Crippen LogP contribution in [-0.2, 0) is 4.74 Å².